The summed E-state index contributed by atoms with van der Waals surface area (Å²) in [5.41, 5.74) is 12.1. The van der Waals surface area contributed by atoms with Crippen molar-refractivity contribution < 1.29 is 22.6 Å². The van der Waals surface area contributed by atoms with E-state index in [9.17, 15) is 14.0 Å². The molecule has 0 spiro atoms. The highest BCUT2D eigenvalue weighted by molar-refractivity contribution is 7.23. The van der Waals surface area contributed by atoms with E-state index >= 15 is 4.39 Å². The Hall–Kier alpha value is -3.57. The lowest BCUT2D eigenvalue weighted by Gasteiger charge is -2.31. The number of hydrogen-bond donors (Lipinski definition) is 2. The second kappa shape index (κ2) is 11.0. The summed E-state index contributed by atoms with van der Waals surface area (Å²) in [4.78, 5) is 13.6. The first-order valence-corrected chi connectivity index (χ1v) is 16.7. The molecule has 6 heterocycles. The van der Waals surface area contributed by atoms with Gasteiger partial charge in [0.05, 0.1) is 32.3 Å². The van der Waals surface area contributed by atoms with Crippen molar-refractivity contribution in [2.45, 2.75) is 62.3 Å². The monoisotopic (exact) mass is 669 g/mol. The fourth-order valence-electron chi connectivity index (χ4n) is 7.95. The van der Waals surface area contributed by atoms with E-state index in [4.69, 9.17) is 37.5 Å². The Labute approximate surface area is 271 Å². The Balaban J connectivity index is 1.35. The number of nitriles is 1. The van der Waals surface area contributed by atoms with Gasteiger partial charge in [0.25, 0.3) is 0 Å². The first-order valence-electron chi connectivity index (χ1n) is 15.5. The van der Waals surface area contributed by atoms with E-state index in [1.165, 1.54) is 12.1 Å². The predicted octanol–water partition coefficient (Wildman–Crippen LogP) is 5.93. The molecule has 4 aromatic rings. The van der Waals surface area contributed by atoms with Crippen molar-refractivity contribution in [3.8, 4) is 29.0 Å². The van der Waals surface area contributed by atoms with Crippen LogP contribution in [-0.2, 0) is 0 Å². The number of hydrogen-bond acceptors (Lipinski definition) is 10. The molecule has 2 aromatic carbocycles. The summed E-state index contributed by atoms with van der Waals surface area (Å²) in [6, 6.07) is 4.35. The van der Waals surface area contributed by atoms with Crippen LogP contribution in [-0.4, -0.2) is 71.5 Å². The van der Waals surface area contributed by atoms with E-state index in [-0.39, 0.29) is 79.4 Å². The molecule has 0 amide bonds. The number of anilines is 2. The number of thiophene rings is 1. The van der Waals surface area contributed by atoms with Gasteiger partial charge in [-0.05, 0) is 50.3 Å². The van der Waals surface area contributed by atoms with Crippen molar-refractivity contribution in [1.82, 2.24) is 14.9 Å². The number of rotatable bonds is 4. The van der Waals surface area contributed by atoms with E-state index in [0.29, 0.717) is 37.1 Å². The fourth-order valence-corrected chi connectivity index (χ4v) is 9.24. The van der Waals surface area contributed by atoms with Gasteiger partial charge in [-0.15, -0.1) is 11.3 Å². The van der Waals surface area contributed by atoms with E-state index in [1.807, 2.05) is 6.07 Å². The molecule has 4 aliphatic rings. The summed E-state index contributed by atoms with van der Waals surface area (Å²) in [5, 5.41) is 10.4. The molecular formula is C32H31ClF3N7O2S. The third-order valence-electron chi connectivity index (χ3n) is 10.1. The van der Waals surface area contributed by atoms with Gasteiger partial charge < -0.3 is 25.8 Å². The van der Waals surface area contributed by atoms with Crippen LogP contribution in [0.5, 0.6) is 11.8 Å². The molecule has 3 unspecified atom stereocenters. The first kappa shape index (κ1) is 29.8. The molecule has 0 radical (unpaired) electrons. The average Bonchev–Trinajstić information content (AvgIpc) is 3.58. The zero-order chi connectivity index (χ0) is 31.9. The molecule has 0 saturated carbocycles. The molecule has 3 saturated heterocycles. The van der Waals surface area contributed by atoms with Crippen molar-refractivity contribution in [2.75, 3.05) is 43.5 Å². The summed E-state index contributed by atoms with van der Waals surface area (Å²) in [6.07, 6.45) is 3.39. The molecule has 240 valence electrons. The lowest BCUT2D eigenvalue weighted by molar-refractivity contribution is 0.107. The van der Waals surface area contributed by atoms with Crippen LogP contribution in [0.4, 0.5) is 24.0 Å². The second-order valence-corrected chi connectivity index (χ2v) is 14.2. The average molecular weight is 670 g/mol. The van der Waals surface area contributed by atoms with Gasteiger partial charge in [0, 0.05) is 36.5 Å². The molecule has 46 heavy (non-hydrogen) atoms. The number of halogens is 4. The topological polar surface area (TPSA) is 127 Å². The highest BCUT2D eigenvalue weighted by Crippen LogP contribution is 2.51. The van der Waals surface area contributed by atoms with Crippen molar-refractivity contribution in [2.24, 2.45) is 5.73 Å². The van der Waals surface area contributed by atoms with Crippen molar-refractivity contribution in [1.29, 1.82) is 5.26 Å². The van der Waals surface area contributed by atoms with Gasteiger partial charge in [0.15, 0.2) is 11.6 Å². The molecule has 8 rings (SSSR count). The molecule has 3 fully saturated rings. The summed E-state index contributed by atoms with van der Waals surface area (Å²) >= 11 is 7.94. The number of nitrogens with zero attached hydrogens (tertiary/aromatic N) is 5. The Bertz CT molecular complexity index is 1950. The SMILES string of the molecule is N#Cc1c(N)sc2c(F)ccc(-c3c(Cl)c4c5c(nc(OCC67CCCN6C[C@H](F)C7)nc5c3F)N3CCCC(N)CC3CO4)c12. The van der Waals surface area contributed by atoms with Crippen molar-refractivity contribution >= 4 is 54.7 Å². The molecule has 4 N–H and O–H groups in total. The highest BCUT2D eigenvalue weighted by Gasteiger charge is 2.49. The molecule has 9 nitrogen and oxygen atoms in total. The van der Waals surface area contributed by atoms with Gasteiger partial charge in [-0.25, -0.2) is 13.2 Å². The second-order valence-electron chi connectivity index (χ2n) is 12.8. The van der Waals surface area contributed by atoms with Crippen LogP contribution in [0.2, 0.25) is 5.02 Å². The number of fused-ring (bicyclic) bond motifs is 4. The number of nitrogens with two attached hydrogens (primary N) is 2. The number of benzene rings is 2. The maximum absolute atomic E-state index is 17.1. The quantitative estimate of drug-likeness (QED) is 0.272. The highest BCUT2D eigenvalue weighted by atomic mass is 35.5. The number of alkyl halides is 1. The van der Waals surface area contributed by atoms with Gasteiger partial charge in [-0.3, -0.25) is 4.90 Å². The van der Waals surface area contributed by atoms with Gasteiger partial charge in [-0.1, -0.05) is 17.7 Å². The molecular weight excluding hydrogens is 639 g/mol. The van der Waals surface area contributed by atoms with Gasteiger partial charge in [0.2, 0.25) is 0 Å². The summed E-state index contributed by atoms with van der Waals surface area (Å²) in [6.45, 7) is 2.14. The normalized spacial score (nSPS) is 26.0. The van der Waals surface area contributed by atoms with Gasteiger partial charge in [0.1, 0.15) is 47.6 Å². The predicted molar refractivity (Wildman–Crippen MR) is 171 cm³/mol. The third kappa shape index (κ3) is 4.48. The Morgan fingerprint density at radius 3 is 2.89 bits per heavy atom. The van der Waals surface area contributed by atoms with Crippen LogP contribution in [0.25, 0.3) is 32.1 Å². The van der Waals surface area contributed by atoms with Gasteiger partial charge >= 0.3 is 6.01 Å². The summed E-state index contributed by atoms with van der Waals surface area (Å²) in [5.74, 6) is -0.767. The smallest absolute Gasteiger partial charge is 0.319 e. The van der Waals surface area contributed by atoms with E-state index in [2.05, 4.69) is 14.8 Å². The maximum atomic E-state index is 17.1. The third-order valence-corrected chi connectivity index (χ3v) is 11.4. The summed E-state index contributed by atoms with van der Waals surface area (Å²) in [7, 11) is 0. The zero-order valence-electron chi connectivity index (χ0n) is 24.8. The van der Waals surface area contributed by atoms with Crippen LogP contribution in [0.1, 0.15) is 44.1 Å². The van der Waals surface area contributed by atoms with Crippen LogP contribution < -0.4 is 25.8 Å². The molecule has 14 heteroatoms. The first-order chi connectivity index (χ1) is 22.2. The molecule has 0 bridgehead atoms. The van der Waals surface area contributed by atoms with E-state index < -0.39 is 23.3 Å². The molecule has 4 atom stereocenters. The minimum Gasteiger partial charge on any atom is -0.489 e. The Kier molecular flexibility index (Phi) is 7.13. The molecule has 4 aliphatic heterocycles. The summed E-state index contributed by atoms with van der Waals surface area (Å²) < 4.78 is 59.3. The van der Waals surface area contributed by atoms with Crippen molar-refractivity contribution in [3.05, 3.63) is 34.4 Å². The van der Waals surface area contributed by atoms with Crippen LogP contribution >= 0.6 is 22.9 Å². The van der Waals surface area contributed by atoms with E-state index in [0.717, 1.165) is 43.6 Å². The minimum atomic E-state index is -0.938. The van der Waals surface area contributed by atoms with Crippen LogP contribution in [0.15, 0.2) is 12.1 Å². The number of ether oxygens (including phenoxy) is 2. The van der Waals surface area contributed by atoms with E-state index in [1.54, 1.807) is 0 Å². The number of nitrogen functional groups attached to an aromatic ring is 1. The van der Waals surface area contributed by atoms with Crippen molar-refractivity contribution in [3.63, 3.8) is 0 Å². The Morgan fingerprint density at radius 2 is 2.07 bits per heavy atom. The molecule has 2 aromatic heterocycles. The van der Waals surface area contributed by atoms with Crippen LogP contribution in [0, 0.1) is 23.0 Å². The standard InChI is InChI=1S/C32H31ClF3N7O2S/c33-24-22(18-4-5-20(35)28-21(18)19(11-37)29(39)46-28)25(36)26-23-27(24)44-13-17-9-16(38)3-1-8-43(17)30(23)41-31(40-26)45-14-32-6-2-7-42(32)12-15(34)10-32/h4-5,15-17H,1-3,6-10,12-14,38-39H2/t15-,16?,17?,32?/m1/s1. The maximum Gasteiger partial charge on any atom is 0.319 e. The molecule has 0 aliphatic carbocycles. The van der Waals surface area contributed by atoms with Gasteiger partial charge in [-0.2, -0.15) is 15.2 Å². The lowest BCUT2D eigenvalue weighted by Crippen LogP contribution is -2.43. The fraction of sp³-hybridized carbons (Fsp3) is 0.469. The lowest BCUT2D eigenvalue weighted by atomic mass is 9.95. The zero-order valence-corrected chi connectivity index (χ0v) is 26.4. The Morgan fingerprint density at radius 1 is 1.22 bits per heavy atom. The largest absolute Gasteiger partial charge is 0.489 e. The minimum absolute atomic E-state index is 0.0368. The number of aromatic nitrogens is 2. The van der Waals surface area contributed by atoms with Crippen LogP contribution in [0.3, 0.4) is 0 Å².